The number of amides is 2. The number of hydrogen-bond donors (Lipinski definition) is 0. The molecule has 2 aromatic rings. The Morgan fingerprint density at radius 2 is 1.80 bits per heavy atom. The van der Waals surface area contributed by atoms with Gasteiger partial charge in [-0.05, 0) is 30.3 Å². The van der Waals surface area contributed by atoms with Crippen LogP contribution in [-0.4, -0.2) is 47.8 Å². The lowest BCUT2D eigenvalue weighted by Crippen LogP contribution is -2.50. The molecular formula is C18H16ClFN2O3. The molecule has 3 rings (SSSR count). The van der Waals surface area contributed by atoms with E-state index in [1.807, 2.05) is 0 Å². The number of carbonyl (C=O) groups is 2. The standard InChI is InChI=1S/C18H16ClFN2O3/c19-14-3-1-4-15(20)13(14)6-7-17(23)21-8-10-22(11-9-21)18(24)16-5-2-12-25-16/h1-7,12H,8-11H2/b7-6+. The van der Waals surface area contributed by atoms with Gasteiger partial charge in [0, 0.05) is 37.8 Å². The first-order chi connectivity index (χ1) is 12.1. The van der Waals surface area contributed by atoms with E-state index in [4.69, 9.17) is 16.0 Å². The normalized spacial score (nSPS) is 15.0. The Kier molecular flexibility index (Phi) is 5.19. The van der Waals surface area contributed by atoms with E-state index in [2.05, 4.69) is 0 Å². The highest BCUT2D eigenvalue weighted by Crippen LogP contribution is 2.20. The maximum Gasteiger partial charge on any atom is 0.289 e. The highest BCUT2D eigenvalue weighted by molar-refractivity contribution is 6.32. The highest BCUT2D eigenvalue weighted by Gasteiger charge is 2.25. The molecule has 2 heterocycles. The van der Waals surface area contributed by atoms with E-state index < -0.39 is 5.82 Å². The predicted molar refractivity (Wildman–Crippen MR) is 91.6 cm³/mol. The van der Waals surface area contributed by atoms with E-state index in [1.54, 1.807) is 28.0 Å². The van der Waals surface area contributed by atoms with E-state index in [0.717, 1.165) is 0 Å². The van der Waals surface area contributed by atoms with Crippen molar-refractivity contribution in [1.82, 2.24) is 9.80 Å². The molecular weight excluding hydrogens is 347 g/mol. The number of hydrogen-bond acceptors (Lipinski definition) is 3. The van der Waals surface area contributed by atoms with Gasteiger partial charge in [0.1, 0.15) is 5.82 Å². The molecule has 1 aromatic heterocycles. The van der Waals surface area contributed by atoms with Crippen LogP contribution in [0.1, 0.15) is 16.1 Å². The first kappa shape index (κ1) is 17.2. The fourth-order valence-corrected chi connectivity index (χ4v) is 2.84. The van der Waals surface area contributed by atoms with Gasteiger partial charge in [0.2, 0.25) is 5.91 Å². The molecule has 0 unspecified atom stereocenters. The Labute approximate surface area is 149 Å². The van der Waals surface area contributed by atoms with Crippen molar-refractivity contribution in [1.29, 1.82) is 0 Å². The van der Waals surface area contributed by atoms with Gasteiger partial charge in [-0.25, -0.2) is 4.39 Å². The molecule has 7 heteroatoms. The van der Waals surface area contributed by atoms with Crippen LogP contribution in [0, 0.1) is 5.82 Å². The van der Waals surface area contributed by atoms with Gasteiger partial charge >= 0.3 is 0 Å². The van der Waals surface area contributed by atoms with Crippen molar-refractivity contribution in [3.05, 3.63) is 64.8 Å². The van der Waals surface area contributed by atoms with E-state index in [9.17, 15) is 14.0 Å². The second kappa shape index (κ2) is 7.53. The Morgan fingerprint density at radius 3 is 2.44 bits per heavy atom. The van der Waals surface area contributed by atoms with E-state index >= 15 is 0 Å². The van der Waals surface area contributed by atoms with Crippen LogP contribution in [-0.2, 0) is 4.79 Å². The van der Waals surface area contributed by atoms with Crippen molar-refractivity contribution in [3.63, 3.8) is 0 Å². The second-order valence-electron chi connectivity index (χ2n) is 5.56. The molecule has 1 saturated heterocycles. The minimum Gasteiger partial charge on any atom is -0.459 e. The van der Waals surface area contributed by atoms with Gasteiger partial charge in [-0.3, -0.25) is 9.59 Å². The van der Waals surface area contributed by atoms with Crippen molar-refractivity contribution in [2.75, 3.05) is 26.2 Å². The molecule has 0 spiro atoms. The highest BCUT2D eigenvalue weighted by atomic mass is 35.5. The molecule has 1 aromatic carbocycles. The first-order valence-electron chi connectivity index (χ1n) is 7.80. The number of benzene rings is 1. The third kappa shape index (κ3) is 3.91. The van der Waals surface area contributed by atoms with Crippen LogP contribution in [0.4, 0.5) is 4.39 Å². The Morgan fingerprint density at radius 1 is 1.08 bits per heavy atom. The lowest BCUT2D eigenvalue weighted by molar-refractivity contribution is -0.127. The van der Waals surface area contributed by atoms with Gasteiger partial charge in [0.15, 0.2) is 5.76 Å². The second-order valence-corrected chi connectivity index (χ2v) is 5.97. The van der Waals surface area contributed by atoms with Crippen molar-refractivity contribution >= 4 is 29.5 Å². The molecule has 5 nitrogen and oxygen atoms in total. The Balaban J connectivity index is 1.58. The Hall–Kier alpha value is -2.60. The number of carbonyl (C=O) groups excluding carboxylic acids is 2. The topological polar surface area (TPSA) is 53.8 Å². The molecule has 25 heavy (non-hydrogen) atoms. The number of halogens is 2. The van der Waals surface area contributed by atoms with Gasteiger partial charge in [-0.1, -0.05) is 17.7 Å². The summed E-state index contributed by atoms with van der Waals surface area (Å²) in [6.45, 7) is 1.64. The summed E-state index contributed by atoms with van der Waals surface area (Å²) >= 11 is 5.93. The number of piperazine rings is 1. The fourth-order valence-electron chi connectivity index (χ4n) is 2.62. The predicted octanol–water partition coefficient (Wildman–Crippen LogP) is 3.07. The summed E-state index contributed by atoms with van der Waals surface area (Å²) in [6.07, 6.45) is 4.13. The summed E-state index contributed by atoms with van der Waals surface area (Å²) in [7, 11) is 0. The SMILES string of the molecule is O=C(/C=C/c1c(F)cccc1Cl)N1CCN(C(=O)c2ccco2)CC1. The zero-order chi connectivity index (χ0) is 17.8. The van der Waals surface area contributed by atoms with Gasteiger partial charge in [-0.2, -0.15) is 0 Å². The van der Waals surface area contributed by atoms with E-state index in [0.29, 0.717) is 26.2 Å². The average Bonchev–Trinajstić information content (AvgIpc) is 3.15. The summed E-state index contributed by atoms with van der Waals surface area (Å²) in [5.41, 5.74) is 0.184. The third-order valence-electron chi connectivity index (χ3n) is 4.00. The smallest absolute Gasteiger partial charge is 0.289 e. The zero-order valence-electron chi connectivity index (χ0n) is 13.3. The molecule has 0 aliphatic carbocycles. The maximum absolute atomic E-state index is 13.7. The molecule has 0 saturated carbocycles. The third-order valence-corrected chi connectivity index (χ3v) is 4.33. The maximum atomic E-state index is 13.7. The molecule has 2 amide bonds. The van der Waals surface area contributed by atoms with Crippen LogP contribution in [0.15, 0.2) is 47.1 Å². The van der Waals surface area contributed by atoms with Crippen LogP contribution in [0.3, 0.4) is 0 Å². The summed E-state index contributed by atoms with van der Waals surface area (Å²) in [4.78, 5) is 27.7. The van der Waals surface area contributed by atoms with Crippen LogP contribution in [0.2, 0.25) is 5.02 Å². The minimum absolute atomic E-state index is 0.184. The van der Waals surface area contributed by atoms with Gasteiger partial charge in [-0.15, -0.1) is 0 Å². The van der Waals surface area contributed by atoms with E-state index in [-0.39, 0.29) is 28.2 Å². The monoisotopic (exact) mass is 362 g/mol. The fraction of sp³-hybridized carbons (Fsp3) is 0.222. The average molecular weight is 363 g/mol. The van der Waals surface area contributed by atoms with Crippen LogP contribution in [0.25, 0.3) is 6.08 Å². The van der Waals surface area contributed by atoms with Gasteiger partial charge in [0.25, 0.3) is 5.91 Å². The molecule has 0 atom stereocenters. The minimum atomic E-state index is -0.481. The van der Waals surface area contributed by atoms with Crippen molar-refractivity contribution < 1.29 is 18.4 Å². The molecule has 0 N–H and O–H groups in total. The van der Waals surface area contributed by atoms with Gasteiger partial charge < -0.3 is 14.2 Å². The zero-order valence-corrected chi connectivity index (χ0v) is 14.1. The van der Waals surface area contributed by atoms with Crippen LogP contribution < -0.4 is 0 Å². The quantitative estimate of drug-likeness (QED) is 0.788. The van der Waals surface area contributed by atoms with Crippen molar-refractivity contribution in [2.24, 2.45) is 0 Å². The van der Waals surface area contributed by atoms with Crippen LogP contribution in [0.5, 0.6) is 0 Å². The Bertz CT molecular complexity index is 776. The van der Waals surface area contributed by atoms with Crippen molar-refractivity contribution in [2.45, 2.75) is 0 Å². The molecule has 130 valence electrons. The number of nitrogens with zero attached hydrogens (tertiary/aromatic N) is 2. The molecule has 0 radical (unpaired) electrons. The van der Waals surface area contributed by atoms with Crippen molar-refractivity contribution in [3.8, 4) is 0 Å². The summed E-state index contributed by atoms with van der Waals surface area (Å²) in [5, 5.41) is 0.248. The van der Waals surface area contributed by atoms with Gasteiger partial charge in [0.05, 0.1) is 11.3 Å². The number of rotatable bonds is 3. The summed E-state index contributed by atoms with van der Waals surface area (Å²) in [6, 6.07) is 7.63. The molecule has 1 aliphatic heterocycles. The lowest BCUT2D eigenvalue weighted by atomic mass is 10.2. The van der Waals surface area contributed by atoms with Crippen LogP contribution >= 0.6 is 11.6 Å². The molecule has 1 fully saturated rings. The molecule has 0 bridgehead atoms. The number of furan rings is 1. The van der Waals surface area contributed by atoms with E-state index in [1.165, 1.54) is 30.5 Å². The summed E-state index contributed by atoms with van der Waals surface area (Å²) in [5.74, 6) is -0.630. The largest absolute Gasteiger partial charge is 0.459 e. The summed E-state index contributed by atoms with van der Waals surface area (Å²) < 4.78 is 18.8. The lowest BCUT2D eigenvalue weighted by Gasteiger charge is -2.33. The first-order valence-corrected chi connectivity index (χ1v) is 8.18. The molecule has 1 aliphatic rings.